The van der Waals surface area contributed by atoms with Gasteiger partial charge in [-0.3, -0.25) is 4.90 Å². The molecular weight excluding hydrogens is 214 g/mol. The maximum atomic E-state index is 10.2. The van der Waals surface area contributed by atoms with Gasteiger partial charge in [0.15, 0.2) is 0 Å². The van der Waals surface area contributed by atoms with Crippen LogP contribution in [0.4, 0.5) is 0 Å². The van der Waals surface area contributed by atoms with Gasteiger partial charge in [0.1, 0.15) is 5.76 Å². The highest BCUT2D eigenvalue weighted by Crippen LogP contribution is 2.41. The van der Waals surface area contributed by atoms with Gasteiger partial charge in [0.25, 0.3) is 0 Å². The Bertz CT molecular complexity index is 345. The zero-order valence-corrected chi connectivity index (χ0v) is 11.0. The van der Waals surface area contributed by atoms with Crippen molar-refractivity contribution in [1.82, 2.24) is 4.90 Å². The van der Waals surface area contributed by atoms with Crippen molar-refractivity contribution in [3.8, 4) is 0 Å². The van der Waals surface area contributed by atoms with Gasteiger partial charge in [-0.15, -0.1) is 0 Å². The Morgan fingerprint density at radius 2 is 2.29 bits per heavy atom. The number of furan rings is 1. The highest BCUT2D eigenvalue weighted by molar-refractivity contribution is 4.98. The fourth-order valence-electron chi connectivity index (χ4n) is 2.83. The highest BCUT2D eigenvalue weighted by Gasteiger charge is 2.40. The van der Waals surface area contributed by atoms with Crippen LogP contribution >= 0.6 is 0 Å². The van der Waals surface area contributed by atoms with Crippen LogP contribution in [0.3, 0.4) is 0 Å². The predicted molar refractivity (Wildman–Crippen MR) is 67.6 cm³/mol. The Hall–Kier alpha value is -0.800. The van der Waals surface area contributed by atoms with E-state index in [1.54, 1.807) is 6.26 Å². The number of nitrogens with zero attached hydrogens (tertiary/aromatic N) is 1. The molecular formula is C14H23NO2. The number of hydrogen-bond donors (Lipinski definition) is 1. The summed E-state index contributed by atoms with van der Waals surface area (Å²) in [6.07, 6.45) is 3.77. The summed E-state index contributed by atoms with van der Waals surface area (Å²) in [6.45, 7) is 6.07. The maximum absolute atomic E-state index is 10.2. The average Bonchev–Trinajstić information content (AvgIpc) is 2.82. The molecule has 1 aromatic rings. The van der Waals surface area contributed by atoms with Crippen molar-refractivity contribution in [2.75, 3.05) is 13.6 Å². The summed E-state index contributed by atoms with van der Waals surface area (Å²) in [7, 11) is 2.08. The molecule has 1 fully saturated rings. The summed E-state index contributed by atoms with van der Waals surface area (Å²) in [4.78, 5) is 2.23. The predicted octanol–water partition coefficient (Wildman–Crippen LogP) is 2.51. The second-order valence-electron chi connectivity index (χ2n) is 6.01. The number of aliphatic hydroxyl groups excluding tert-OH is 1. The van der Waals surface area contributed by atoms with E-state index in [0.717, 1.165) is 31.7 Å². The van der Waals surface area contributed by atoms with Crippen molar-refractivity contribution in [3.05, 3.63) is 24.2 Å². The van der Waals surface area contributed by atoms with Crippen LogP contribution in [-0.4, -0.2) is 29.7 Å². The summed E-state index contributed by atoms with van der Waals surface area (Å²) >= 11 is 0. The van der Waals surface area contributed by atoms with E-state index in [1.165, 1.54) is 0 Å². The molecule has 3 nitrogen and oxygen atoms in total. The van der Waals surface area contributed by atoms with E-state index in [9.17, 15) is 5.11 Å². The minimum absolute atomic E-state index is 0.0796. The molecule has 0 spiro atoms. The second-order valence-corrected chi connectivity index (χ2v) is 6.01. The Balaban J connectivity index is 1.85. The number of aliphatic hydroxyl groups is 1. The molecule has 2 rings (SSSR count). The smallest absolute Gasteiger partial charge is 0.117 e. The van der Waals surface area contributed by atoms with Gasteiger partial charge in [-0.2, -0.15) is 0 Å². The molecule has 0 bridgehead atoms. The van der Waals surface area contributed by atoms with Gasteiger partial charge < -0.3 is 9.52 Å². The van der Waals surface area contributed by atoms with E-state index in [0.29, 0.717) is 5.92 Å². The van der Waals surface area contributed by atoms with Crippen LogP contribution in [0.25, 0.3) is 0 Å². The third kappa shape index (κ3) is 2.90. The van der Waals surface area contributed by atoms with Crippen LogP contribution in [0, 0.1) is 11.3 Å². The summed E-state index contributed by atoms with van der Waals surface area (Å²) in [6, 6.07) is 3.90. The lowest BCUT2D eigenvalue weighted by Crippen LogP contribution is -2.34. The summed E-state index contributed by atoms with van der Waals surface area (Å²) in [5.74, 6) is 1.38. The average molecular weight is 237 g/mol. The van der Waals surface area contributed by atoms with Crippen molar-refractivity contribution in [2.45, 2.75) is 39.3 Å². The van der Waals surface area contributed by atoms with Crippen molar-refractivity contribution in [2.24, 2.45) is 11.3 Å². The standard InChI is InChI=1S/C14H23NO2/c1-14(2)7-6-11(13(14)16)9-15(3)10-12-5-4-8-17-12/h4-5,8,11,13,16H,6-7,9-10H2,1-3H3. The zero-order valence-electron chi connectivity index (χ0n) is 11.0. The molecule has 0 aromatic carbocycles. The molecule has 2 atom stereocenters. The lowest BCUT2D eigenvalue weighted by Gasteiger charge is -2.28. The first kappa shape index (κ1) is 12.7. The fraction of sp³-hybridized carbons (Fsp3) is 0.714. The molecule has 1 aliphatic rings. The third-order valence-electron chi connectivity index (χ3n) is 3.96. The summed E-state index contributed by atoms with van der Waals surface area (Å²) in [5.41, 5.74) is 0.0796. The first-order valence-electron chi connectivity index (χ1n) is 6.38. The van der Waals surface area contributed by atoms with Crippen molar-refractivity contribution in [3.63, 3.8) is 0 Å². The number of hydrogen-bond acceptors (Lipinski definition) is 3. The lowest BCUT2D eigenvalue weighted by molar-refractivity contribution is 0.0342. The van der Waals surface area contributed by atoms with Gasteiger partial charge in [0, 0.05) is 6.54 Å². The van der Waals surface area contributed by atoms with E-state index < -0.39 is 0 Å². The molecule has 0 radical (unpaired) electrons. The molecule has 1 aromatic heterocycles. The normalized spacial score (nSPS) is 27.8. The van der Waals surface area contributed by atoms with Crippen molar-refractivity contribution in [1.29, 1.82) is 0 Å². The van der Waals surface area contributed by atoms with Gasteiger partial charge in [-0.1, -0.05) is 13.8 Å². The molecule has 1 N–H and O–H groups in total. The zero-order chi connectivity index (χ0) is 12.5. The topological polar surface area (TPSA) is 36.6 Å². The molecule has 3 heteroatoms. The SMILES string of the molecule is CN(Cc1ccco1)CC1CCC(C)(C)C1O. The minimum Gasteiger partial charge on any atom is -0.468 e. The lowest BCUT2D eigenvalue weighted by atomic mass is 9.87. The summed E-state index contributed by atoms with van der Waals surface area (Å²) in [5, 5.41) is 10.2. The molecule has 1 heterocycles. The van der Waals surface area contributed by atoms with Crippen LogP contribution in [0.5, 0.6) is 0 Å². The van der Waals surface area contributed by atoms with E-state index in [-0.39, 0.29) is 11.5 Å². The van der Waals surface area contributed by atoms with Gasteiger partial charge >= 0.3 is 0 Å². The van der Waals surface area contributed by atoms with Crippen molar-refractivity contribution < 1.29 is 9.52 Å². The van der Waals surface area contributed by atoms with Crippen molar-refractivity contribution >= 4 is 0 Å². The molecule has 1 saturated carbocycles. The van der Waals surface area contributed by atoms with E-state index in [1.807, 2.05) is 12.1 Å². The Labute approximate surface area is 103 Å². The molecule has 96 valence electrons. The Morgan fingerprint density at radius 1 is 1.53 bits per heavy atom. The third-order valence-corrected chi connectivity index (χ3v) is 3.96. The second kappa shape index (κ2) is 4.83. The monoisotopic (exact) mass is 237 g/mol. The van der Waals surface area contributed by atoms with E-state index in [2.05, 4.69) is 25.8 Å². The largest absolute Gasteiger partial charge is 0.468 e. The van der Waals surface area contributed by atoms with E-state index >= 15 is 0 Å². The Kier molecular flexibility index (Phi) is 3.59. The molecule has 0 aliphatic heterocycles. The van der Waals surface area contributed by atoms with Gasteiger partial charge in [-0.05, 0) is 43.4 Å². The molecule has 1 aliphatic carbocycles. The first-order valence-corrected chi connectivity index (χ1v) is 6.38. The van der Waals surface area contributed by atoms with Gasteiger partial charge in [0.05, 0.1) is 18.9 Å². The van der Waals surface area contributed by atoms with Crippen LogP contribution in [0.1, 0.15) is 32.4 Å². The highest BCUT2D eigenvalue weighted by atomic mass is 16.3. The molecule has 17 heavy (non-hydrogen) atoms. The Morgan fingerprint density at radius 3 is 2.82 bits per heavy atom. The van der Waals surface area contributed by atoms with Gasteiger partial charge in [0.2, 0.25) is 0 Å². The van der Waals surface area contributed by atoms with Crippen LogP contribution in [0.15, 0.2) is 22.8 Å². The molecule has 2 unspecified atom stereocenters. The summed E-state index contributed by atoms with van der Waals surface area (Å²) < 4.78 is 5.33. The van der Waals surface area contributed by atoms with Crippen LogP contribution < -0.4 is 0 Å². The number of rotatable bonds is 4. The minimum atomic E-state index is -0.179. The van der Waals surface area contributed by atoms with E-state index in [4.69, 9.17) is 4.42 Å². The maximum Gasteiger partial charge on any atom is 0.117 e. The first-order chi connectivity index (χ1) is 7.99. The quantitative estimate of drug-likeness (QED) is 0.874. The molecule has 0 amide bonds. The molecule has 0 saturated heterocycles. The van der Waals surface area contributed by atoms with Gasteiger partial charge in [-0.25, -0.2) is 0 Å². The fourth-order valence-corrected chi connectivity index (χ4v) is 2.83. The van der Waals surface area contributed by atoms with Crippen LogP contribution in [-0.2, 0) is 6.54 Å². The van der Waals surface area contributed by atoms with Crippen LogP contribution in [0.2, 0.25) is 0 Å².